The fourth-order valence-electron chi connectivity index (χ4n) is 1.03. The van der Waals surface area contributed by atoms with Gasteiger partial charge >= 0.3 is 5.97 Å². The van der Waals surface area contributed by atoms with Crippen molar-refractivity contribution in [1.29, 1.82) is 0 Å². The zero-order valence-corrected chi connectivity index (χ0v) is 6.31. The van der Waals surface area contributed by atoms with E-state index in [2.05, 4.69) is 10.2 Å². The van der Waals surface area contributed by atoms with E-state index in [0.29, 0.717) is 0 Å². The predicted molar refractivity (Wildman–Crippen MR) is 39.9 cm³/mol. The van der Waals surface area contributed by atoms with Gasteiger partial charge in [0.15, 0.2) is 11.5 Å². The fraction of sp³-hybridized carbons (Fsp3) is 0. The third-order valence-corrected chi connectivity index (χ3v) is 1.58. The highest BCUT2D eigenvalue weighted by Gasteiger charge is 2.13. The summed E-state index contributed by atoms with van der Waals surface area (Å²) < 4.78 is 14.0. The van der Waals surface area contributed by atoms with Crippen molar-refractivity contribution < 1.29 is 14.3 Å². The Morgan fingerprint density at radius 3 is 3.00 bits per heavy atom. The first kappa shape index (κ1) is 7.66. The van der Waals surface area contributed by atoms with Crippen LogP contribution in [0.1, 0.15) is 10.6 Å². The molecule has 0 atom stereocenters. The molecule has 0 amide bonds. The lowest BCUT2D eigenvalue weighted by molar-refractivity contribution is 0.0682. The molecule has 0 bridgehead atoms. The van der Waals surface area contributed by atoms with Gasteiger partial charge in [0.05, 0.1) is 0 Å². The second kappa shape index (κ2) is 2.51. The Bertz CT molecular complexity index is 480. The minimum Gasteiger partial charge on any atom is -0.475 e. The molecule has 2 aromatic rings. The van der Waals surface area contributed by atoms with Crippen molar-refractivity contribution >= 4 is 11.6 Å². The summed E-state index contributed by atoms with van der Waals surface area (Å²) in [6.45, 7) is 0. The van der Waals surface area contributed by atoms with E-state index in [1.165, 1.54) is 18.3 Å². The van der Waals surface area contributed by atoms with Crippen LogP contribution in [-0.2, 0) is 0 Å². The van der Waals surface area contributed by atoms with Gasteiger partial charge in [0, 0.05) is 6.20 Å². The van der Waals surface area contributed by atoms with Gasteiger partial charge in [-0.1, -0.05) is 0 Å². The third-order valence-electron chi connectivity index (χ3n) is 1.58. The third kappa shape index (κ3) is 1.03. The molecule has 0 unspecified atom stereocenters. The Kier molecular flexibility index (Phi) is 1.48. The molecule has 0 aromatic carbocycles. The summed E-state index contributed by atoms with van der Waals surface area (Å²) in [6, 6.07) is 2.58. The van der Waals surface area contributed by atoms with Crippen LogP contribution in [0.5, 0.6) is 0 Å². The number of carbonyl (C=O) groups is 1. The Balaban J connectivity index is 2.83. The number of pyridine rings is 1. The van der Waals surface area contributed by atoms with Gasteiger partial charge in [-0.3, -0.25) is 4.40 Å². The van der Waals surface area contributed by atoms with E-state index in [1.54, 1.807) is 0 Å². The molecule has 0 radical (unpaired) electrons. The quantitative estimate of drug-likeness (QED) is 0.698. The monoisotopic (exact) mass is 181 g/mol. The van der Waals surface area contributed by atoms with Crippen LogP contribution in [0.4, 0.5) is 4.39 Å². The Labute approximate surface area is 71.4 Å². The number of aromatic nitrogens is 3. The maximum absolute atomic E-state index is 12.9. The molecule has 2 rings (SSSR count). The van der Waals surface area contributed by atoms with Crippen molar-refractivity contribution in [2.24, 2.45) is 0 Å². The summed E-state index contributed by atoms with van der Waals surface area (Å²) >= 11 is 0. The summed E-state index contributed by atoms with van der Waals surface area (Å²) in [5.74, 6) is -2.13. The molecular weight excluding hydrogens is 177 g/mol. The first-order chi connectivity index (χ1) is 6.20. The van der Waals surface area contributed by atoms with E-state index in [0.717, 1.165) is 4.40 Å². The Morgan fingerprint density at radius 1 is 1.54 bits per heavy atom. The van der Waals surface area contributed by atoms with E-state index in [4.69, 9.17) is 5.11 Å². The number of fused-ring (bicyclic) bond motifs is 1. The van der Waals surface area contributed by atoms with Gasteiger partial charge < -0.3 is 5.11 Å². The molecule has 0 saturated heterocycles. The molecule has 2 aromatic heterocycles. The molecule has 0 spiro atoms. The zero-order valence-electron chi connectivity index (χ0n) is 6.31. The summed E-state index contributed by atoms with van der Waals surface area (Å²) in [4.78, 5) is 10.5. The molecule has 6 heteroatoms. The molecule has 0 aliphatic carbocycles. The van der Waals surface area contributed by atoms with Crippen LogP contribution < -0.4 is 0 Å². The number of aromatic carboxylic acids is 1. The maximum Gasteiger partial charge on any atom is 0.374 e. The minimum absolute atomic E-state index is 0.0834. The second-order valence-electron chi connectivity index (χ2n) is 2.38. The van der Waals surface area contributed by atoms with Crippen LogP contribution in [0.25, 0.3) is 5.65 Å². The number of halogens is 1. The average Bonchev–Trinajstić information content (AvgIpc) is 2.48. The highest BCUT2D eigenvalue weighted by Crippen LogP contribution is 2.07. The Hall–Kier alpha value is -1.98. The molecule has 66 valence electrons. The highest BCUT2D eigenvalue weighted by atomic mass is 19.1. The van der Waals surface area contributed by atoms with Crippen LogP contribution in [-0.4, -0.2) is 25.7 Å². The van der Waals surface area contributed by atoms with E-state index >= 15 is 0 Å². The molecule has 1 N–H and O–H groups in total. The number of rotatable bonds is 1. The van der Waals surface area contributed by atoms with Gasteiger partial charge in [0.1, 0.15) is 0 Å². The number of hydrogen-bond acceptors (Lipinski definition) is 3. The molecular formula is C7H4FN3O2. The van der Waals surface area contributed by atoms with E-state index in [1.807, 2.05) is 0 Å². The number of carboxylic acids is 1. The lowest BCUT2D eigenvalue weighted by atomic mass is 10.4. The van der Waals surface area contributed by atoms with Crippen LogP contribution in [0.2, 0.25) is 0 Å². The lowest BCUT2D eigenvalue weighted by Gasteiger charge is -1.93. The van der Waals surface area contributed by atoms with Crippen molar-refractivity contribution in [2.45, 2.75) is 0 Å². The molecule has 0 aliphatic rings. The van der Waals surface area contributed by atoms with Gasteiger partial charge in [0.2, 0.25) is 5.82 Å². The molecule has 13 heavy (non-hydrogen) atoms. The van der Waals surface area contributed by atoms with Crippen molar-refractivity contribution in [1.82, 2.24) is 14.6 Å². The summed E-state index contributed by atoms with van der Waals surface area (Å²) in [6.07, 6.45) is 1.39. The second-order valence-corrected chi connectivity index (χ2v) is 2.38. The van der Waals surface area contributed by atoms with Crippen molar-refractivity contribution in [3.63, 3.8) is 0 Å². The van der Waals surface area contributed by atoms with Crippen LogP contribution in [0.15, 0.2) is 18.3 Å². The topological polar surface area (TPSA) is 67.5 Å². The molecule has 5 nitrogen and oxygen atoms in total. The highest BCUT2D eigenvalue weighted by molar-refractivity contribution is 5.84. The largest absolute Gasteiger partial charge is 0.475 e. The van der Waals surface area contributed by atoms with Crippen LogP contribution in [0, 0.1) is 5.82 Å². The number of carboxylic acid groups (broad SMARTS) is 1. The van der Waals surface area contributed by atoms with Crippen molar-refractivity contribution in [3.05, 3.63) is 30.0 Å². The van der Waals surface area contributed by atoms with Gasteiger partial charge in [-0.15, -0.1) is 10.2 Å². The average molecular weight is 181 g/mol. The Morgan fingerprint density at radius 2 is 2.31 bits per heavy atom. The number of hydrogen-bond donors (Lipinski definition) is 1. The van der Waals surface area contributed by atoms with Crippen molar-refractivity contribution in [3.8, 4) is 0 Å². The zero-order chi connectivity index (χ0) is 9.42. The lowest BCUT2D eigenvalue weighted by Crippen LogP contribution is -2.03. The standard InChI is InChI=1S/C7H4FN3O2/c8-4-2-1-3-11-5(4)9-10-6(11)7(12)13/h1-3H,(H,12,13). The number of nitrogens with zero attached hydrogens (tertiary/aromatic N) is 3. The van der Waals surface area contributed by atoms with Gasteiger partial charge in [-0.2, -0.15) is 0 Å². The normalized spacial score (nSPS) is 10.5. The minimum atomic E-state index is -1.24. The first-order valence-electron chi connectivity index (χ1n) is 3.42. The summed E-state index contributed by atoms with van der Waals surface area (Å²) in [5, 5.41) is 15.3. The predicted octanol–water partition coefficient (Wildman–Crippen LogP) is 0.567. The van der Waals surface area contributed by atoms with Gasteiger partial charge in [-0.05, 0) is 12.1 Å². The first-order valence-corrected chi connectivity index (χ1v) is 3.42. The van der Waals surface area contributed by atoms with E-state index < -0.39 is 11.8 Å². The van der Waals surface area contributed by atoms with Crippen molar-refractivity contribution in [2.75, 3.05) is 0 Å². The molecule has 0 aliphatic heterocycles. The van der Waals surface area contributed by atoms with Crippen LogP contribution in [0.3, 0.4) is 0 Å². The molecule has 2 heterocycles. The summed E-state index contributed by atoms with van der Waals surface area (Å²) in [5.41, 5.74) is -0.0834. The van der Waals surface area contributed by atoms with E-state index in [-0.39, 0.29) is 11.5 Å². The maximum atomic E-state index is 12.9. The summed E-state index contributed by atoms with van der Waals surface area (Å²) in [7, 11) is 0. The smallest absolute Gasteiger partial charge is 0.374 e. The molecule has 0 saturated carbocycles. The van der Waals surface area contributed by atoms with Gasteiger partial charge in [0.25, 0.3) is 0 Å². The van der Waals surface area contributed by atoms with Crippen LogP contribution >= 0.6 is 0 Å². The SMILES string of the molecule is O=C(O)c1nnc2c(F)cccn12. The fourth-order valence-corrected chi connectivity index (χ4v) is 1.03. The van der Waals surface area contributed by atoms with E-state index in [9.17, 15) is 9.18 Å². The molecule has 0 fully saturated rings. The van der Waals surface area contributed by atoms with Gasteiger partial charge in [-0.25, -0.2) is 9.18 Å².